The number of benzene rings is 1. The molecule has 0 fully saturated rings. The molecule has 0 aliphatic carbocycles. The van der Waals surface area contributed by atoms with Crippen LogP contribution in [0.2, 0.25) is 0 Å². The van der Waals surface area contributed by atoms with E-state index in [1.54, 1.807) is 31.4 Å². The number of hydrogen-bond acceptors (Lipinski definition) is 4. The summed E-state index contributed by atoms with van der Waals surface area (Å²) in [5, 5.41) is 4.32. The van der Waals surface area contributed by atoms with Crippen LogP contribution in [0.5, 0.6) is 0 Å². The number of nitrogens with one attached hydrogen (secondary N) is 1. The van der Waals surface area contributed by atoms with Gasteiger partial charge in [-0.15, -0.1) is 11.3 Å². The number of fused-ring (bicyclic) bond motifs is 1. The minimum Gasteiger partial charge on any atom is -0.324 e. The zero-order valence-electron chi connectivity index (χ0n) is 13.7. The van der Waals surface area contributed by atoms with Gasteiger partial charge in [-0.05, 0) is 43.0 Å². The molecule has 1 aromatic carbocycles. The van der Waals surface area contributed by atoms with E-state index in [1.807, 2.05) is 0 Å². The average molecular weight is 361 g/mol. The fourth-order valence-electron chi connectivity index (χ4n) is 2.63. The van der Waals surface area contributed by atoms with Gasteiger partial charge in [0.05, 0.1) is 5.52 Å². The summed E-state index contributed by atoms with van der Waals surface area (Å²) >= 11 is 1.23. The molecule has 6 nitrogen and oxygen atoms in total. The molecule has 0 saturated heterocycles. The Morgan fingerprint density at radius 3 is 2.72 bits per heavy atom. The Morgan fingerprint density at radius 1 is 1.24 bits per heavy atom. The third kappa shape index (κ3) is 3.12. The SMILES string of the molecule is CCn1c(=O)c2sccc2n(CC(=O)Nc2cc(F)ccc2C)c1=O. The van der Waals surface area contributed by atoms with Crippen molar-refractivity contribution in [2.45, 2.75) is 26.9 Å². The third-order valence-electron chi connectivity index (χ3n) is 3.93. The Balaban J connectivity index is 1.99. The summed E-state index contributed by atoms with van der Waals surface area (Å²) in [7, 11) is 0. The predicted molar refractivity (Wildman–Crippen MR) is 95.8 cm³/mol. The number of amides is 1. The summed E-state index contributed by atoms with van der Waals surface area (Å²) in [6, 6.07) is 5.74. The summed E-state index contributed by atoms with van der Waals surface area (Å²) in [6.07, 6.45) is 0. The molecule has 25 heavy (non-hydrogen) atoms. The molecule has 0 radical (unpaired) electrons. The Hall–Kier alpha value is -2.74. The molecule has 0 atom stereocenters. The van der Waals surface area contributed by atoms with Crippen LogP contribution in [0.1, 0.15) is 12.5 Å². The van der Waals surface area contributed by atoms with E-state index in [9.17, 15) is 18.8 Å². The lowest BCUT2D eigenvalue weighted by Crippen LogP contribution is -2.40. The number of hydrogen-bond donors (Lipinski definition) is 1. The first-order valence-corrected chi connectivity index (χ1v) is 8.57. The number of anilines is 1. The van der Waals surface area contributed by atoms with Crippen LogP contribution in [-0.4, -0.2) is 15.0 Å². The van der Waals surface area contributed by atoms with Crippen LogP contribution in [-0.2, 0) is 17.9 Å². The van der Waals surface area contributed by atoms with E-state index in [0.717, 1.165) is 4.57 Å². The standard InChI is InChI=1S/C17H16FN3O3S/c1-3-20-16(23)15-13(6-7-25-15)21(17(20)24)9-14(22)19-12-8-11(18)5-4-10(12)2/h4-8H,3,9H2,1-2H3,(H,19,22). The molecule has 0 spiro atoms. The van der Waals surface area contributed by atoms with Crippen LogP contribution in [0.3, 0.4) is 0 Å². The van der Waals surface area contributed by atoms with Gasteiger partial charge < -0.3 is 5.32 Å². The topological polar surface area (TPSA) is 73.1 Å². The number of carbonyl (C=O) groups excluding carboxylic acids is 1. The number of halogens is 1. The highest BCUT2D eigenvalue weighted by atomic mass is 32.1. The molecule has 130 valence electrons. The number of aromatic nitrogens is 2. The maximum atomic E-state index is 13.4. The Bertz CT molecular complexity index is 1080. The first kappa shape index (κ1) is 17.1. The fourth-order valence-corrected chi connectivity index (χ4v) is 3.47. The van der Waals surface area contributed by atoms with Crippen LogP contribution in [0.15, 0.2) is 39.2 Å². The second-order valence-corrected chi connectivity index (χ2v) is 6.48. The molecular weight excluding hydrogens is 345 g/mol. The summed E-state index contributed by atoms with van der Waals surface area (Å²) in [5.74, 6) is -0.928. The van der Waals surface area contributed by atoms with Gasteiger partial charge >= 0.3 is 5.69 Å². The van der Waals surface area contributed by atoms with E-state index < -0.39 is 17.4 Å². The van der Waals surface area contributed by atoms with E-state index in [1.165, 1.54) is 28.0 Å². The maximum absolute atomic E-state index is 13.4. The van der Waals surface area contributed by atoms with Crippen molar-refractivity contribution in [3.63, 3.8) is 0 Å². The van der Waals surface area contributed by atoms with Gasteiger partial charge in [0, 0.05) is 12.2 Å². The molecule has 0 bridgehead atoms. The number of rotatable bonds is 4. The van der Waals surface area contributed by atoms with Crippen LogP contribution in [0.4, 0.5) is 10.1 Å². The first-order valence-electron chi connectivity index (χ1n) is 7.69. The van der Waals surface area contributed by atoms with Crippen molar-refractivity contribution < 1.29 is 9.18 Å². The van der Waals surface area contributed by atoms with Crippen molar-refractivity contribution in [3.05, 3.63) is 61.9 Å². The molecule has 0 aliphatic rings. The Labute approximate surface area is 146 Å². The highest BCUT2D eigenvalue weighted by molar-refractivity contribution is 7.17. The van der Waals surface area contributed by atoms with Crippen molar-refractivity contribution in [2.75, 3.05) is 5.32 Å². The molecule has 0 unspecified atom stereocenters. The van der Waals surface area contributed by atoms with Gasteiger partial charge in [-0.25, -0.2) is 9.18 Å². The van der Waals surface area contributed by atoms with Crippen molar-refractivity contribution in [1.82, 2.24) is 9.13 Å². The van der Waals surface area contributed by atoms with Gasteiger partial charge in [0.1, 0.15) is 17.1 Å². The highest BCUT2D eigenvalue weighted by Crippen LogP contribution is 2.17. The lowest BCUT2D eigenvalue weighted by atomic mass is 10.2. The lowest BCUT2D eigenvalue weighted by molar-refractivity contribution is -0.116. The van der Waals surface area contributed by atoms with Gasteiger partial charge in [0.25, 0.3) is 5.56 Å². The smallest absolute Gasteiger partial charge is 0.324 e. The largest absolute Gasteiger partial charge is 0.331 e. The number of aryl methyl sites for hydroxylation is 1. The van der Waals surface area contributed by atoms with Gasteiger partial charge in [-0.3, -0.25) is 18.7 Å². The molecule has 2 aromatic heterocycles. The molecule has 3 rings (SSSR count). The Kier molecular flexibility index (Phi) is 4.54. The van der Waals surface area contributed by atoms with E-state index in [4.69, 9.17) is 0 Å². The minimum absolute atomic E-state index is 0.218. The average Bonchev–Trinajstić information content (AvgIpc) is 3.05. The number of thiophene rings is 1. The van der Waals surface area contributed by atoms with Crippen LogP contribution < -0.4 is 16.6 Å². The molecule has 2 heterocycles. The van der Waals surface area contributed by atoms with Gasteiger partial charge in [0.2, 0.25) is 5.91 Å². The summed E-state index contributed by atoms with van der Waals surface area (Å²) in [5.41, 5.74) is 0.597. The van der Waals surface area contributed by atoms with E-state index in [0.29, 0.717) is 21.5 Å². The predicted octanol–water partition coefficient (Wildman–Crippen LogP) is 2.33. The van der Waals surface area contributed by atoms with Gasteiger partial charge in [-0.1, -0.05) is 6.07 Å². The lowest BCUT2D eigenvalue weighted by Gasteiger charge is -2.12. The van der Waals surface area contributed by atoms with Gasteiger partial charge in [-0.2, -0.15) is 0 Å². The normalized spacial score (nSPS) is 11.0. The second-order valence-electron chi connectivity index (χ2n) is 5.56. The third-order valence-corrected chi connectivity index (χ3v) is 4.82. The number of nitrogens with zero attached hydrogens (tertiary/aromatic N) is 2. The van der Waals surface area contributed by atoms with Crippen LogP contribution in [0.25, 0.3) is 10.2 Å². The van der Waals surface area contributed by atoms with Crippen molar-refractivity contribution in [1.29, 1.82) is 0 Å². The molecular formula is C17H16FN3O3S. The number of carbonyl (C=O) groups is 1. The minimum atomic E-state index is -0.537. The first-order chi connectivity index (χ1) is 11.9. The van der Waals surface area contributed by atoms with Crippen LogP contribution in [0, 0.1) is 12.7 Å². The fraction of sp³-hybridized carbons (Fsp3) is 0.235. The van der Waals surface area contributed by atoms with Crippen molar-refractivity contribution >= 4 is 33.1 Å². The second kappa shape index (κ2) is 6.64. The summed E-state index contributed by atoms with van der Waals surface area (Å²) in [6.45, 7) is 3.40. The summed E-state index contributed by atoms with van der Waals surface area (Å²) < 4.78 is 16.1. The molecule has 1 amide bonds. The Morgan fingerprint density at radius 2 is 2.00 bits per heavy atom. The molecule has 1 N–H and O–H groups in total. The van der Waals surface area contributed by atoms with Crippen molar-refractivity contribution in [3.8, 4) is 0 Å². The molecule has 3 aromatic rings. The van der Waals surface area contributed by atoms with E-state index in [-0.39, 0.29) is 18.6 Å². The molecule has 0 aliphatic heterocycles. The zero-order chi connectivity index (χ0) is 18.1. The summed E-state index contributed by atoms with van der Waals surface area (Å²) in [4.78, 5) is 37.2. The van der Waals surface area contributed by atoms with Crippen LogP contribution >= 0.6 is 11.3 Å². The van der Waals surface area contributed by atoms with E-state index in [2.05, 4.69) is 5.32 Å². The highest BCUT2D eigenvalue weighted by Gasteiger charge is 2.16. The van der Waals surface area contributed by atoms with Gasteiger partial charge in [0.15, 0.2) is 0 Å². The molecule has 0 saturated carbocycles. The van der Waals surface area contributed by atoms with Crippen molar-refractivity contribution in [2.24, 2.45) is 0 Å². The molecule has 8 heteroatoms. The zero-order valence-corrected chi connectivity index (χ0v) is 14.5. The monoisotopic (exact) mass is 361 g/mol. The maximum Gasteiger partial charge on any atom is 0.331 e. The van der Waals surface area contributed by atoms with E-state index >= 15 is 0 Å². The quantitative estimate of drug-likeness (QED) is 0.775.